The molecule has 1 aliphatic rings. The highest BCUT2D eigenvalue weighted by Gasteiger charge is 2.21. The molecule has 152 valence electrons. The zero-order chi connectivity index (χ0) is 20.8. The van der Waals surface area contributed by atoms with E-state index in [1.165, 1.54) is 53.5 Å². The standard InChI is InChI=1S/C30H32/c1-3-23-7-15-27(16-8-23)29-19-11-25(12-20-29)5-6-26-13-21-30(22-14-26)28-17-9-24(4-2)10-18-28/h7-12,15-20,26,30H,3-4,13-14,21-22H2,1-2H3. The Morgan fingerprint density at radius 3 is 1.67 bits per heavy atom. The van der Waals surface area contributed by atoms with Crippen LogP contribution in [0.25, 0.3) is 11.1 Å². The van der Waals surface area contributed by atoms with E-state index in [1.807, 2.05) is 0 Å². The maximum absolute atomic E-state index is 3.55. The summed E-state index contributed by atoms with van der Waals surface area (Å²) >= 11 is 0. The quantitative estimate of drug-likeness (QED) is 0.397. The summed E-state index contributed by atoms with van der Waals surface area (Å²) in [5.74, 6) is 8.24. The minimum absolute atomic E-state index is 0.539. The van der Waals surface area contributed by atoms with Gasteiger partial charge in [-0.2, -0.15) is 0 Å². The fraction of sp³-hybridized carbons (Fsp3) is 0.333. The van der Waals surface area contributed by atoms with E-state index in [-0.39, 0.29) is 0 Å². The van der Waals surface area contributed by atoms with Gasteiger partial charge >= 0.3 is 0 Å². The molecule has 1 aliphatic carbocycles. The largest absolute Gasteiger partial charge is 0.0945 e. The van der Waals surface area contributed by atoms with Gasteiger partial charge in [0.05, 0.1) is 0 Å². The molecule has 3 aromatic rings. The Hall–Kier alpha value is -2.78. The molecule has 0 bridgehead atoms. The maximum atomic E-state index is 3.55. The monoisotopic (exact) mass is 392 g/mol. The lowest BCUT2D eigenvalue weighted by atomic mass is 9.79. The first kappa shape index (κ1) is 20.5. The van der Waals surface area contributed by atoms with Gasteiger partial charge in [-0.25, -0.2) is 0 Å². The van der Waals surface area contributed by atoms with Crippen molar-refractivity contribution in [3.63, 3.8) is 0 Å². The van der Waals surface area contributed by atoms with E-state index in [0.717, 1.165) is 18.4 Å². The molecule has 0 heterocycles. The molecule has 0 aromatic heterocycles. The minimum Gasteiger partial charge on any atom is -0.0945 e. The summed E-state index contributed by atoms with van der Waals surface area (Å²) in [5, 5.41) is 0. The van der Waals surface area contributed by atoms with E-state index in [9.17, 15) is 0 Å². The highest BCUT2D eigenvalue weighted by molar-refractivity contribution is 5.64. The number of rotatable bonds is 4. The van der Waals surface area contributed by atoms with Gasteiger partial charge in [-0.3, -0.25) is 0 Å². The van der Waals surface area contributed by atoms with Crippen LogP contribution in [0.5, 0.6) is 0 Å². The molecule has 0 radical (unpaired) electrons. The summed E-state index contributed by atoms with van der Waals surface area (Å²) in [6, 6.07) is 26.9. The normalized spacial score (nSPS) is 18.5. The Morgan fingerprint density at radius 1 is 0.633 bits per heavy atom. The minimum atomic E-state index is 0.539. The molecule has 0 nitrogen and oxygen atoms in total. The van der Waals surface area contributed by atoms with Crippen LogP contribution >= 0.6 is 0 Å². The summed E-state index contributed by atoms with van der Waals surface area (Å²) in [6.45, 7) is 4.41. The molecule has 0 atom stereocenters. The predicted molar refractivity (Wildman–Crippen MR) is 129 cm³/mol. The molecule has 0 aliphatic heterocycles. The van der Waals surface area contributed by atoms with Crippen molar-refractivity contribution in [1.82, 2.24) is 0 Å². The zero-order valence-electron chi connectivity index (χ0n) is 18.3. The lowest BCUT2D eigenvalue weighted by Crippen LogP contribution is -2.12. The summed E-state index contributed by atoms with van der Waals surface area (Å²) < 4.78 is 0. The molecule has 1 saturated carbocycles. The van der Waals surface area contributed by atoms with Crippen LogP contribution in [0.15, 0.2) is 72.8 Å². The summed E-state index contributed by atoms with van der Waals surface area (Å²) in [6.07, 6.45) is 7.16. The number of aryl methyl sites for hydroxylation is 2. The molecular formula is C30H32. The van der Waals surface area contributed by atoms with E-state index in [2.05, 4.69) is 98.5 Å². The third-order valence-corrected chi connectivity index (χ3v) is 6.59. The fourth-order valence-corrected chi connectivity index (χ4v) is 4.46. The van der Waals surface area contributed by atoms with E-state index >= 15 is 0 Å². The topological polar surface area (TPSA) is 0 Å². The Labute approximate surface area is 182 Å². The van der Waals surface area contributed by atoms with E-state index in [1.54, 1.807) is 0 Å². The number of benzene rings is 3. The fourth-order valence-electron chi connectivity index (χ4n) is 4.46. The highest BCUT2D eigenvalue weighted by atomic mass is 14.2. The lowest BCUT2D eigenvalue weighted by molar-refractivity contribution is 0.384. The van der Waals surface area contributed by atoms with Crippen LogP contribution in [0.3, 0.4) is 0 Å². The number of hydrogen-bond donors (Lipinski definition) is 0. The van der Waals surface area contributed by atoms with Crippen molar-refractivity contribution >= 4 is 0 Å². The SMILES string of the molecule is CCc1ccc(-c2ccc(C#CC3CCC(c4ccc(CC)cc4)CC3)cc2)cc1. The Balaban J connectivity index is 1.34. The molecule has 0 amide bonds. The average Bonchev–Trinajstić information content (AvgIpc) is 2.83. The molecule has 0 N–H and O–H groups in total. The highest BCUT2D eigenvalue weighted by Crippen LogP contribution is 2.35. The molecule has 0 saturated heterocycles. The van der Waals surface area contributed by atoms with Crippen molar-refractivity contribution in [2.45, 2.75) is 58.3 Å². The third kappa shape index (κ3) is 5.03. The lowest BCUT2D eigenvalue weighted by Gasteiger charge is -2.26. The van der Waals surface area contributed by atoms with Crippen molar-refractivity contribution < 1.29 is 0 Å². The van der Waals surface area contributed by atoms with Gasteiger partial charge in [0.25, 0.3) is 0 Å². The predicted octanol–water partition coefficient (Wildman–Crippen LogP) is 7.80. The second-order valence-electron chi connectivity index (χ2n) is 8.54. The van der Waals surface area contributed by atoms with Crippen LogP contribution in [-0.2, 0) is 12.8 Å². The third-order valence-electron chi connectivity index (χ3n) is 6.59. The van der Waals surface area contributed by atoms with Crippen molar-refractivity contribution in [2.75, 3.05) is 0 Å². The number of hydrogen-bond acceptors (Lipinski definition) is 0. The van der Waals surface area contributed by atoms with Crippen LogP contribution in [0, 0.1) is 17.8 Å². The first-order valence-corrected chi connectivity index (χ1v) is 11.5. The van der Waals surface area contributed by atoms with Gasteiger partial charge in [0.15, 0.2) is 0 Å². The zero-order valence-corrected chi connectivity index (χ0v) is 18.3. The van der Waals surface area contributed by atoms with Crippen molar-refractivity contribution in [3.05, 3.63) is 95.1 Å². The van der Waals surface area contributed by atoms with Gasteiger partial charge in [0.1, 0.15) is 0 Å². The first-order chi connectivity index (χ1) is 14.7. The Morgan fingerprint density at radius 2 is 1.13 bits per heavy atom. The average molecular weight is 393 g/mol. The molecular weight excluding hydrogens is 360 g/mol. The van der Waals surface area contributed by atoms with Crippen LogP contribution in [0.2, 0.25) is 0 Å². The van der Waals surface area contributed by atoms with Crippen LogP contribution < -0.4 is 0 Å². The van der Waals surface area contributed by atoms with E-state index < -0.39 is 0 Å². The second-order valence-corrected chi connectivity index (χ2v) is 8.54. The molecule has 0 heteroatoms. The molecule has 0 unspecified atom stereocenters. The van der Waals surface area contributed by atoms with Gasteiger partial charge in [-0.05, 0) is 84.4 Å². The molecule has 4 rings (SSSR count). The second kappa shape index (κ2) is 9.82. The summed E-state index contributed by atoms with van der Waals surface area (Å²) in [4.78, 5) is 0. The van der Waals surface area contributed by atoms with Crippen molar-refractivity contribution in [3.8, 4) is 23.0 Å². The Kier molecular flexibility index (Phi) is 6.70. The molecule has 3 aromatic carbocycles. The summed E-state index contributed by atoms with van der Waals surface area (Å²) in [5.41, 5.74) is 7.99. The summed E-state index contributed by atoms with van der Waals surface area (Å²) in [7, 11) is 0. The van der Waals surface area contributed by atoms with E-state index in [0.29, 0.717) is 11.8 Å². The van der Waals surface area contributed by atoms with Crippen molar-refractivity contribution in [2.24, 2.45) is 5.92 Å². The van der Waals surface area contributed by atoms with Crippen LogP contribution in [0.4, 0.5) is 0 Å². The van der Waals surface area contributed by atoms with Gasteiger partial charge in [-0.15, -0.1) is 0 Å². The van der Waals surface area contributed by atoms with Crippen LogP contribution in [-0.4, -0.2) is 0 Å². The first-order valence-electron chi connectivity index (χ1n) is 11.5. The van der Waals surface area contributed by atoms with Gasteiger partial charge in [0.2, 0.25) is 0 Å². The van der Waals surface area contributed by atoms with Gasteiger partial charge in [-0.1, -0.05) is 86.4 Å². The molecule has 0 spiro atoms. The smallest absolute Gasteiger partial charge is 0.0245 e. The molecule has 30 heavy (non-hydrogen) atoms. The van der Waals surface area contributed by atoms with Crippen LogP contribution in [0.1, 0.15) is 67.7 Å². The van der Waals surface area contributed by atoms with Gasteiger partial charge in [0, 0.05) is 11.5 Å². The van der Waals surface area contributed by atoms with E-state index in [4.69, 9.17) is 0 Å². The maximum Gasteiger partial charge on any atom is 0.0245 e. The molecule has 1 fully saturated rings. The Bertz CT molecular complexity index is 987. The van der Waals surface area contributed by atoms with Gasteiger partial charge < -0.3 is 0 Å². The van der Waals surface area contributed by atoms with Crippen molar-refractivity contribution in [1.29, 1.82) is 0 Å².